The Hall–Kier alpha value is -1.77. The second kappa shape index (κ2) is 4.39. The molecule has 0 unspecified atom stereocenters. The minimum Gasteiger partial charge on any atom is -0.467 e. The van der Waals surface area contributed by atoms with Crippen LogP contribution in [0.2, 0.25) is 0 Å². The number of aryl methyl sites for hydroxylation is 2. The molecular formula is C13H14FNO. The molecule has 0 fully saturated rings. The summed E-state index contributed by atoms with van der Waals surface area (Å²) in [6.07, 6.45) is 1.66. The lowest BCUT2D eigenvalue weighted by molar-refractivity contribution is 0.515. The van der Waals surface area contributed by atoms with Gasteiger partial charge in [0.15, 0.2) is 0 Å². The van der Waals surface area contributed by atoms with Gasteiger partial charge in [-0.25, -0.2) is 4.39 Å². The zero-order valence-corrected chi connectivity index (χ0v) is 9.38. The molecule has 0 atom stereocenters. The molecular weight excluding hydrogens is 205 g/mol. The van der Waals surface area contributed by atoms with E-state index in [4.69, 9.17) is 4.42 Å². The van der Waals surface area contributed by atoms with E-state index in [1.807, 2.05) is 26.0 Å². The Balaban J connectivity index is 2.07. The van der Waals surface area contributed by atoms with E-state index < -0.39 is 0 Å². The van der Waals surface area contributed by atoms with Crippen molar-refractivity contribution < 1.29 is 8.81 Å². The maximum atomic E-state index is 13.1. The molecule has 84 valence electrons. The molecule has 0 saturated heterocycles. The molecule has 0 saturated carbocycles. The molecule has 3 heteroatoms. The predicted octanol–water partition coefficient (Wildman–Crippen LogP) is 3.65. The highest BCUT2D eigenvalue weighted by atomic mass is 19.1. The zero-order chi connectivity index (χ0) is 11.5. The van der Waals surface area contributed by atoms with Crippen LogP contribution >= 0.6 is 0 Å². The Bertz CT molecular complexity index is 470. The third-order valence-corrected chi connectivity index (χ3v) is 2.46. The first kappa shape index (κ1) is 10.7. The molecule has 0 aliphatic carbocycles. The standard InChI is InChI=1S/C13H14FNO/c1-9-5-11(14)7-12(6-9)15-8-13-10(2)3-4-16-13/h3-7,15H,8H2,1-2H3. The Morgan fingerprint density at radius 3 is 2.69 bits per heavy atom. The molecule has 2 rings (SSSR count). The molecule has 0 spiro atoms. The van der Waals surface area contributed by atoms with Gasteiger partial charge in [0, 0.05) is 5.69 Å². The first-order valence-corrected chi connectivity index (χ1v) is 5.19. The van der Waals surface area contributed by atoms with Crippen molar-refractivity contribution in [2.24, 2.45) is 0 Å². The Kier molecular flexibility index (Phi) is 2.95. The monoisotopic (exact) mass is 219 g/mol. The molecule has 1 aromatic carbocycles. The van der Waals surface area contributed by atoms with Crippen molar-refractivity contribution >= 4 is 5.69 Å². The first-order chi connectivity index (χ1) is 7.65. The SMILES string of the molecule is Cc1cc(F)cc(NCc2occc2C)c1. The normalized spacial score (nSPS) is 10.4. The van der Waals surface area contributed by atoms with E-state index in [2.05, 4.69) is 5.32 Å². The predicted molar refractivity (Wildman–Crippen MR) is 61.9 cm³/mol. The van der Waals surface area contributed by atoms with Gasteiger partial charge in [0.05, 0.1) is 12.8 Å². The van der Waals surface area contributed by atoms with E-state index in [1.54, 1.807) is 6.26 Å². The summed E-state index contributed by atoms with van der Waals surface area (Å²) in [5, 5.41) is 3.14. The van der Waals surface area contributed by atoms with Gasteiger partial charge in [-0.15, -0.1) is 0 Å². The lowest BCUT2D eigenvalue weighted by atomic mass is 10.2. The van der Waals surface area contributed by atoms with E-state index >= 15 is 0 Å². The van der Waals surface area contributed by atoms with Crippen molar-refractivity contribution in [1.29, 1.82) is 0 Å². The summed E-state index contributed by atoms with van der Waals surface area (Å²) in [5.74, 6) is 0.653. The molecule has 1 aromatic heterocycles. The molecule has 0 aliphatic heterocycles. The van der Waals surface area contributed by atoms with Gasteiger partial charge in [-0.3, -0.25) is 0 Å². The average molecular weight is 219 g/mol. The Labute approximate surface area is 94.1 Å². The lowest BCUT2D eigenvalue weighted by Crippen LogP contribution is -2.00. The summed E-state index contributed by atoms with van der Waals surface area (Å²) in [5.41, 5.74) is 2.77. The summed E-state index contributed by atoms with van der Waals surface area (Å²) in [4.78, 5) is 0. The number of anilines is 1. The van der Waals surface area contributed by atoms with Gasteiger partial charge in [-0.1, -0.05) is 0 Å². The van der Waals surface area contributed by atoms with Crippen LogP contribution in [0.1, 0.15) is 16.9 Å². The third-order valence-electron chi connectivity index (χ3n) is 2.46. The second-order valence-electron chi connectivity index (χ2n) is 3.90. The van der Waals surface area contributed by atoms with E-state index in [9.17, 15) is 4.39 Å². The van der Waals surface area contributed by atoms with Gasteiger partial charge in [-0.2, -0.15) is 0 Å². The third kappa shape index (κ3) is 2.42. The molecule has 0 aliphatic rings. The number of nitrogens with one attached hydrogen (secondary N) is 1. The van der Waals surface area contributed by atoms with Crippen LogP contribution in [0.5, 0.6) is 0 Å². The van der Waals surface area contributed by atoms with Crippen LogP contribution in [0.15, 0.2) is 34.9 Å². The molecule has 1 N–H and O–H groups in total. The fourth-order valence-corrected chi connectivity index (χ4v) is 1.61. The van der Waals surface area contributed by atoms with Crippen molar-refractivity contribution in [3.05, 3.63) is 53.2 Å². The number of benzene rings is 1. The van der Waals surface area contributed by atoms with Crippen molar-refractivity contribution in [3.63, 3.8) is 0 Å². The maximum Gasteiger partial charge on any atom is 0.125 e. The van der Waals surface area contributed by atoms with Gasteiger partial charge in [0.1, 0.15) is 11.6 Å². The number of rotatable bonds is 3. The van der Waals surface area contributed by atoms with Crippen LogP contribution in [0.4, 0.5) is 10.1 Å². The van der Waals surface area contributed by atoms with E-state index in [-0.39, 0.29) is 5.82 Å². The van der Waals surface area contributed by atoms with Crippen LogP contribution in [0.25, 0.3) is 0 Å². The molecule has 0 bridgehead atoms. The number of furan rings is 1. The summed E-state index contributed by atoms with van der Waals surface area (Å²) in [7, 11) is 0. The Morgan fingerprint density at radius 1 is 1.25 bits per heavy atom. The smallest absolute Gasteiger partial charge is 0.125 e. The average Bonchev–Trinajstić information content (AvgIpc) is 2.59. The topological polar surface area (TPSA) is 25.2 Å². The van der Waals surface area contributed by atoms with E-state index in [1.165, 1.54) is 12.1 Å². The van der Waals surface area contributed by atoms with Crippen LogP contribution in [0.3, 0.4) is 0 Å². The van der Waals surface area contributed by atoms with Crippen LogP contribution in [-0.2, 0) is 6.54 Å². The molecule has 16 heavy (non-hydrogen) atoms. The quantitative estimate of drug-likeness (QED) is 0.852. The van der Waals surface area contributed by atoms with Crippen molar-refractivity contribution in [3.8, 4) is 0 Å². The van der Waals surface area contributed by atoms with Crippen molar-refractivity contribution in [1.82, 2.24) is 0 Å². The van der Waals surface area contributed by atoms with Crippen LogP contribution in [0, 0.1) is 19.7 Å². The van der Waals surface area contributed by atoms with Gasteiger partial charge in [-0.05, 0) is 49.2 Å². The highest BCUT2D eigenvalue weighted by molar-refractivity contribution is 5.46. The van der Waals surface area contributed by atoms with Gasteiger partial charge in [0.2, 0.25) is 0 Å². The van der Waals surface area contributed by atoms with Crippen LogP contribution in [-0.4, -0.2) is 0 Å². The van der Waals surface area contributed by atoms with E-state index in [0.29, 0.717) is 6.54 Å². The number of hydrogen-bond donors (Lipinski definition) is 1. The minimum atomic E-state index is -0.223. The van der Waals surface area contributed by atoms with Crippen molar-refractivity contribution in [2.75, 3.05) is 5.32 Å². The Morgan fingerprint density at radius 2 is 2.06 bits per heavy atom. The minimum absolute atomic E-state index is 0.223. The van der Waals surface area contributed by atoms with Gasteiger partial charge in [0.25, 0.3) is 0 Å². The highest BCUT2D eigenvalue weighted by Gasteiger charge is 2.02. The number of halogens is 1. The maximum absolute atomic E-state index is 13.1. The van der Waals surface area contributed by atoms with Gasteiger partial charge >= 0.3 is 0 Å². The second-order valence-corrected chi connectivity index (χ2v) is 3.90. The highest BCUT2D eigenvalue weighted by Crippen LogP contribution is 2.16. The first-order valence-electron chi connectivity index (χ1n) is 5.19. The summed E-state index contributed by atoms with van der Waals surface area (Å²) < 4.78 is 18.4. The van der Waals surface area contributed by atoms with Crippen molar-refractivity contribution in [2.45, 2.75) is 20.4 Å². The summed E-state index contributed by atoms with van der Waals surface area (Å²) in [6.45, 7) is 4.42. The number of hydrogen-bond acceptors (Lipinski definition) is 2. The molecule has 1 heterocycles. The fourth-order valence-electron chi connectivity index (χ4n) is 1.61. The molecule has 2 nitrogen and oxygen atoms in total. The summed E-state index contributed by atoms with van der Waals surface area (Å²) >= 11 is 0. The van der Waals surface area contributed by atoms with Gasteiger partial charge < -0.3 is 9.73 Å². The van der Waals surface area contributed by atoms with Crippen LogP contribution < -0.4 is 5.32 Å². The largest absolute Gasteiger partial charge is 0.467 e. The van der Waals surface area contributed by atoms with E-state index in [0.717, 1.165) is 22.6 Å². The zero-order valence-electron chi connectivity index (χ0n) is 9.38. The molecule has 0 radical (unpaired) electrons. The molecule has 0 amide bonds. The molecule has 2 aromatic rings. The lowest BCUT2D eigenvalue weighted by Gasteiger charge is -2.06. The summed E-state index contributed by atoms with van der Waals surface area (Å²) in [6, 6.07) is 6.80. The fraction of sp³-hybridized carbons (Fsp3) is 0.231.